The highest BCUT2D eigenvalue weighted by atomic mass is 16.5. The van der Waals surface area contributed by atoms with E-state index in [1.54, 1.807) is 45.0 Å². The summed E-state index contributed by atoms with van der Waals surface area (Å²) < 4.78 is 15.7. The molecule has 0 aliphatic heterocycles. The largest absolute Gasteiger partial charge is 0.462 e. The van der Waals surface area contributed by atoms with E-state index in [9.17, 15) is 14.4 Å². The van der Waals surface area contributed by atoms with Crippen LogP contribution in [0, 0.1) is 13.8 Å². The van der Waals surface area contributed by atoms with Crippen molar-refractivity contribution in [1.82, 2.24) is 4.98 Å². The Morgan fingerprint density at radius 1 is 1.00 bits per heavy atom. The summed E-state index contributed by atoms with van der Waals surface area (Å²) in [7, 11) is 0. The Labute approximate surface area is 170 Å². The van der Waals surface area contributed by atoms with Crippen molar-refractivity contribution in [3.05, 3.63) is 57.9 Å². The minimum Gasteiger partial charge on any atom is -0.462 e. The molecule has 0 spiro atoms. The van der Waals surface area contributed by atoms with Crippen LogP contribution >= 0.6 is 0 Å². The zero-order chi connectivity index (χ0) is 21.6. The van der Waals surface area contributed by atoms with Crippen LogP contribution in [0.2, 0.25) is 0 Å². The number of carbonyl (C=O) groups is 3. The van der Waals surface area contributed by atoms with E-state index in [0.29, 0.717) is 29.0 Å². The van der Waals surface area contributed by atoms with Gasteiger partial charge in [-0.2, -0.15) is 0 Å². The first-order chi connectivity index (χ1) is 13.7. The van der Waals surface area contributed by atoms with Crippen LogP contribution in [0.3, 0.4) is 0 Å². The lowest BCUT2D eigenvalue weighted by Gasteiger charge is -2.08. The highest BCUT2D eigenvalue weighted by molar-refractivity contribution is 6.03. The number of ketones is 1. The number of ether oxygens (including phenoxy) is 3. The van der Waals surface area contributed by atoms with E-state index in [-0.39, 0.29) is 18.4 Å². The first-order valence-corrected chi connectivity index (χ1v) is 9.51. The Morgan fingerprint density at radius 2 is 1.66 bits per heavy atom. The Hall–Kier alpha value is -2.93. The van der Waals surface area contributed by atoms with Crippen molar-refractivity contribution >= 4 is 17.7 Å². The molecular formula is C22H27NO6. The summed E-state index contributed by atoms with van der Waals surface area (Å²) >= 11 is 0. The second-order valence-corrected chi connectivity index (χ2v) is 6.90. The van der Waals surface area contributed by atoms with Gasteiger partial charge < -0.3 is 19.2 Å². The Bertz CT molecular complexity index is 879. The second kappa shape index (κ2) is 10.0. The van der Waals surface area contributed by atoms with Crippen LogP contribution in [-0.2, 0) is 20.8 Å². The molecule has 0 aliphatic carbocycles. The summed E-state index contributed by atoms with van der Waals surface area (Å²) in [6.07, 6.45) is 0.120. The van der Waals surface area contributed by atoms with Crippen molar-refractivity contribution in [3.63, 3.8) is 0 Å². The lowest BCUT2D eigenvalue weighted by molar-refractivity contribution is 0.0471. The van der Waals surface area contributed by atoms with Crippen LogP contribution < -0.4 is 0 Å². The highest BCUT2D eigenvalue weighted by Crippen LogP contribution is 2.20. The molecule has 1 heterocycles. The Balaban J connectivity index is 1.99. The third-order valence-corrected chi connectivity index (χ3v) is 4.30. The fourth-order valence-corrected chi connectivity index (χ4v) is 2.82. The molecule has 0 radical (unpaired) electrons. The molecule has 2 aromatic rings. The van der Waals surface area contributed by atoms with Crippen LogP contribution in [0.5, 0.6) is 0 Å². The maximum Gasteiger partial charge on any atom is 0.340 e. The summed E-state index contributed by atoms with van der Waals surface area (Å²) in [4.78, 5) is 39.6. The number of nitrogens with one attached hydrogen (secondary N) is 1. The average molecular weight is 401 g/mol. The molecule has 0 bridgehead atoms. The summed E-state index contributed by atoms with van der Waals surface area (Å²) in [5.74, 6) is -1.51. The molecule has 7 heteroatoms. The van der Waals surface area contributed by atoms with Gasteiger partial charge in [0.1, 0.15) is 0 Å². The van der Waals surface area contributed by atoms with Gasteiger partial charge >= 0.3 is 11.9 Å². The molecule has 0 fully saturated rings. The van der Waals surface area contributed by atoms with E-state index < -0.39 is 24.3 Å². The second-order valence-electron chi connectivity index (χ2n) is 6.90. The Morgan fingerprint density at radius 3 is 2.24 bits per heavy atom. The summed E-state index contributed by atoms with van der Waals surface area (Å²) in [6.45, 7) is 9.23. The van der Waals surface area contributed by atoms with Crippen LogP contribution in [-0.4, -0.2) is 42.0 Å². The van der Waals surface area contributed by atoms with Crippen LogP contribution in [0.4, 0.5) is 0 Å². The predicted octanol–water partition coefficient (Wildman–Crippen LogP) is 3.77. The SMILES string of the molecule is CCOC(=O)c1c(C)[nH]c(C(=O)COC(=O)c2ccc(COC(C)C)cc2)c1C. The Kier molecular flexibility index (Phi) is 7.73. The average Bonchev–Trinajstić information content (AvgIpc) is 2.99. The van der Waals surface area contributed by atoms with Crippen molar-refractivity contribution in [2.24, 2.45) is 0 Å². The van der Waals surface area contributed by atoms with Gasteiger partial charge in [0, 0.05) is 5.69 Å². The molecule has 156 valence electrons. The van der Waals surface area contributed by atoms with E-state index in [2.05, 4.69) is 4.98 Å². The molecule has 0 saturated carbocycles. The van der Waals surface area contributed by atoms with E-state index in [1.165, 1.54) is 0 Å². The molecule has 0 amide bonds. The molecule has 1 aromatic carbocycles. The molecule has 1 aromatic heterocycles. The van der Waals surface area contributed by atoms with E-state index in [0.717, 1.165) is 5.56 Å². The van der Waals surface area contributed by atoms with Gasteiger partial charge in [0.2, 0.25) is 5.78 Å². The van der Waals surface area contributed by atoms with Crippen LogP contribution in [0.25, 0.3) is 0 Å². The zero-order valence-electron chi connectivity index (χ0n) is 17.5. The molecule has 0 aliphatic rings. The van der Waals surface area contributed by atoms with E-state index in [1.807, 2.05) is 13.8 Å². The van der Waals surface area contributed by atoms with E-state index >= 15 is 0 Å². The van der Waals surface area contributed by atoms with Gasteiger partial charge in [-0.25, -0.2) is 9.59 Å². The fraction of sp³-hybridized carbons (Fsp3) is 0.409. The number of aromatic nitrogens is 1. The number of Topliss-reactive ketones (excluding diaryl/α,β-unsaturated/α-hetero) is 1. The zero-order valence-corrected chi connectivity index (χ0v) is 17.5. The third kappa shape index (κ3) is 5.77. The van der Waals surface area contributed by atoms with Gasteiger partial charge in [0.05, 0.1) is 36.1 Å². The van der Waals surface area contributed by atoms with Gasteiger partial charge in [-0.3, -0.25) is 4.79 Å². The maximum atomic E-state index is 12.5. The molecule has 1 N–H and O–H groups in total. The lowest BCUT2D eigenvalue weighted by atomic mass is 10.1. The third-order valence-electron chi connectivity index (χ3n) is 4.30. The van der Waals surface area contributed by atoms with Crippen molar-refractivity contribution in [1.29, 1.82) is 0 Å². The molecule has 0 saturated heterocycles. The van der Waals surface area contributed by atoms with Gasteiger partial charge in [-0.15, -0.1) is 0 Å². The molecule has 2 rings (SSSR count). The minimum absolute atomic E-state index is 0.120. The summed E-state index contributed by atoms with van der Waals surface area (Å²) in [6, 6.07) is 6.83. The number of rotatable bonds is 9. The molecule has 0 unspecified atom stereocenters. The van der Waals surface area contributed by atoms with E-state index in [4.69, 9.17) is 14.2 Å². The van der Waals surface area contributed by atoms with Crippen molar-refractivity contribution < 1.29 is 28.6 Å². The first kappa shape index (κ1) is 22.4. The number of H-pyrrole nitrogens is 1. The number of aromatic amines is 1. The van der Waals surface area contributed by atoms with Crippen molar-refractivity contribution in [2.45, 2.75) is 47.3 Å². The minimum atomic E-state index is -0.596. The number of esters is 2. The molecule has 29 heavy (non-hydrogen) atoms. The van der Waals surface area contributed by atoms with Crippen molar-refractivity contribution in [2.75, 3.05) is 13.2 Å². The predicted molar refractivity (Wildman–Crippen MR) is 107 cm³/mol. The van der Waals surface area contributed by atoms with Crippen LogP contribution in [0.15, 0.2) is 24.3 Å². The normalized spacial score (nSPS) is 10.8. The van der Waals surface area contributed by atoms with Gasteiger partial charge in [0.15, 0.2) is 6.61 Å². The first-order valence-electron chi connectivity index (χ1n) is 9.51. The molecule has 7 nitrogen and oxygen atoms in total. The fourth-order valence-electron chi connectivity index (χ4n) is 2.82. The standard InChI is InChI=1S/C22H27NO6/c1-6-27-22(26)19-14(4)20(23-15(19)5)18(24)12-29-21(25)17-9-7-16(8-10-17)11-28-13(2)3/h7-10,13,23H,6,11-12H2,1-5H3. The summed E-state index contributed by atoms with van der Waals surface area (Å²) in [5.41, 5.74) is 2.87. The molecular weight excluding hydrogens is 374 g/mol. The van der Waals surface area contributed by atoms with Gasteiger partial charge in [-0.05, 0) is 57.9 Å². The molecule has 0 atom stereocenters. The van der Waals surface area contributed by atoms with Crippen LogP contribution in [0.1, 0.15) is 68.8 Å². The smallest absolute Gasteiger partial charge is 0.340 e. The topological polar surface area (TPSA) is 94.7 Å². The highest BCUT2D eigenvalue weighted by Gasteiger charge is 2.23. The monoisotopic (exact) mass is 401 g/mol. The maximum absolute atomic E-state index is 12.5. The number of hydrogen-bond donors (Lipinski definition) is 1. The number of aryl methyl sites for hydroxylation is 1. The van der Waals surface area contributed by atoms with Gasteiger partial charge in [0.25, 0.3) is 0 Å². The number of carbonyl (C=O) groups excluding carboxylic acids is 3. The summed E-state index contributed by atoms with van der Waals surface area (Å²) in [5, 5.41) is 0. The van der Waals surface area contributed by atoms with Gasteiger partial charge in [-0.1, -0.05) is 12.1 Å². The quantitative estimate of drug-likeness (QED) is 0.508. The number of hydrogen-bond acceptors (Lipinski definition) is 6. The van der Waals surface area contributed by atoms with Crippen molar-refractivity contribution in [3.8, 4) is 0 Å². The lowest BCUT2D eigenvalue weighted by Crippen LogP contribution is -2.15. The number of benzene rings is 1.